The molecule has 0 spiro atoms. The second-order valence-electron chi connectivity index (χ2n) is 10.8. The van der Waals surface area contributed by atoms with Crippen molar-refractivity contribution in [3.8, 4) is 0 Å². The number of carbonyl (C=O) groups excluding carboxylic acids is 2. The van der Waals surface area contributed by atoms with Gasteiger partial charge in [-0.3, -0.25) is 14.5 Å². The summed E-state index contributed by atoms with van der Waals surface area (Å²) in [5.74, 6) is 2.78. The summed E-state index contributed by atoms with van der Waals surface area (Å²) in [5.41, 5.74) is 2.33. The second-order valence-corrected chi connectivity index (χ2v) is 12.5. The molecule has 0 aromatic heterocycles. The third kappa shape index (κ3) is 5.22. The summed E-state index contributed by atoms with van der Waals surface area (Å²) in [6.45, 7) is 2.68. The van der Waals surface area contributed by atoms with Crippen LogP contribution in [0.5, 0.6) is 0 Å². The van der Waals surface area contributed by atoms with Gasteiger partial charge in [0, 0.05) is 18.5 Å². The van der Waals surface area contributed by atoms with Crippen molar-refractivity contribution in [2.75, 3.05) is 6.54 Å². The van der Waals surface area contributed by atoms with Crippen LogP contribution in [0.4, 0.5) is 0 Å². The van der Waals surface area contributed by atoms with Gasteiger partial charge in [0.1, 0.15) is 4.32 Å². The summed E-state index contributed by atoms with van der Waals surface area (Å²) < 4.78 is 0.637. The van der Waals surface area contributed by atoms with E-state index < -0.39 is 0 Å². The minimum atomic E-state index is 0.00475. The molecule has 1 heterocycles. The van der Waals surface area contributed by atoms with Gasteiger partial charge in [0.25, 0.3) is 5.91 Å². The molecule has 4 bridgehead atoms. The Morgan fingerprint density at radius 2 is 1.73 bits per heavy atom. The van der Waals surface area contributed by atoms with Crippen LogP contribution in [0, 0.1) is 24.7 Å². The molecule has 5 fully saturated rings. The van der Waals surface area contributed by atoms with E-state index in [1.807, 2.05) is 30.3 Å². The molecule has 5 aliphatic rings. The van der Waals surface area contributed by atoms with Crippen molar-refractivity contribution >= 4 is 46.2 Å². The summed E-state index contributed by atoms with van der Waals surface area (Å²) in [4.78, 5) is 27.9. The standard InChI is InChI=1S/C27H34N2O2S2/c1-18-6-8-19(9-7-18)14-23-25(31)29(26(32)33-23)10-4-2-3-5-24(30)28-27-15-20-11-21(16-27)13-22(12-20)17-27/h6-9,14,20-22H,2-5,10-13,15-17H2,1H3,(H,28,30)/b23-14-. The van der Waals surface area contributed by atoms with Gasteiger partial charge in [-0.05, 0) is 87.7 Å². The first-order valence-corrected chi connectivity index (χ1v) is 13.7. The second kappa shape index (κ2) is 9.53. The summed E-state index contributed by atoms with van der Waals surface area (Å²) in [6.07, 6.45) is 13.0. The maximum absolute atomic E-state index is 12.8. The SMILES string of the molecule is Cc1ccc(/C=C2\SC(=S)N(CCCCCC(=O)NC34CC5CC(CC(C5)C3)C4)C2=O)cc1. The summed E-state index contributed by atoms with van der Waals surface area (Å²) in [6, 6.07) is 8.14. The van der Waals surface area contributed by atoms with Gasteiger partial charge in [0.2, 0.25) is 5.91 Å². The lowest BCUT2D eigenvalue weighted by Crippen LogP contribution is -2.59. The maximum Gasteiger partial charge on any atom is 0.266 e. The van der Waals surface area contributed by atoms with Gasteiger partial charge < -0.3 is 5.32 Å². The highest BCUT2D eigenvalue weighted by atomic mass is 32.2. The van der Waals surface area contributed by atoms with Crippen molar-refractivity contribution < 1.29 is 9.59 Å². The molecule has 0 radical (unpaired) electrons. The van der Waals surface area contributed by atoms with Crippen LogP contribution in [0.2, 0.25) is 0 Å². The molecule has 4 saturated carbocycles. The van der Waals surface area contributed by atoms with E-state index in [2.05, 4.69) is 12.2 Å². The van der Waals surface area contributed by atoms with Crippen LogP contribution < -0.4 is 5.32 Å². The molecule has 6 heteroatoms. The maximum atomic E-state index is 12.8. The number of hydrogen-bond donors (Lipinski definition) is 1. The molecule has 33 heavy (non-hydrogen) atoms. The van der Waals surface area contributed by atoms with Gasteiger partial charge in [-0.15, -0.1) is 0 Å². The van der Waals surface area contributed by atoms with Crippen LogP contribution >= 0.6 is 24.0 Å². The zero-order chi connectivity index (χ0) is 23.0. The summed E-state index contributed by atoms with van der Waals surface area (Å²) in [5, 5.41) is 3.47. The highest BCUT2D eigenvalue weighted by Gasteiger charge is 2.51. The molecule has 176 valence electrons. The zero-order valence-corrected chi connectivity index (χ0v) is 21.1. The predicted octanol–water partition coefficient (Wildman–Crippen LogP) is 5.84. The molecule has 4 aliphatic carbocycles. The van der Waals surface area contributed by atoms with Crippen LogP contribution in [0.25, 0.3) is 6.08 Å². The number of hydrogen-bond acceptors (Lipinski definition) is 4. The Balaban J connectivity index is 1.04. The normalized spacial score (nSPS) is 31.6. The van der Waals surface area contributed by atoms with Crippen LogP contribution in [0.3, 0.4) is 0 Å². The number of aryl methyl sites for hydroxylation is 1. The van der Waals surface area contributed by atoms with Crippen LogP contribution in [-0.4, -0.2) is 33.1 Å². The summed E-state index contributed by atoms with van der Waals surface area (Å²) in [7, 11) is 0. The van der Waals surface area contributed by atoms with E-state index in [9.17, 15) is 9.59 Å². The molecule has 6 rings (SSSR count). The smallest absolute Gasteiger partial charge is 0.266 e. The topological polar surface area (TPSA) is 49.4 Å². The Hall–Kier alpha value is -1.66. The molecular weight excluding hydrogens is 448 g/mol. The first kappa shape index (κ1) is 23.1. The number of benzene rings is 1. The molecule has 1 saturated heterocycles. The van der Waals surface area contributed by atoms with E-state index in [4.69, 9.17) is 12.2 Å². The van der Waals surface area contributed by atoms with E-state index in [1.165, 1.54) is 55.9 Å². The van der Waals surface area contributed by atoms with Crippen molar-refractivity contribution in [1.29, 1.82) is 0 Å². The average Bonchev–Trinajstić information content (AvgIpc) is 3.01. The number of rotatable bonds is 8. The quantitative estimate of drug-likeness (QED) is 0.287. The predicted molar refractivity (Wildman–Crippen MR) is 139 cm³/mol. The lowest BCUT2D eigenvalue weighted by atomic mass is 9.53. The fraction of sp³-hybridized carbons (Fsp3) is 0.593. The average molecular weight is 483 g/mol. The fourth-order valence-electron chi connectivity index (χ4n) is 6.86. The Morgan fingerprint density at radius 1 is 1.09 bits per heavy atom. The first-order valence-electron chi connectivity index (χ1n) is 12.5. The number of thioether (sulfide) groups is 1. The van der Waals surface area contributed by atoms with Crippen molar-refractivity contribution in [3.63, 3.8) is 0 Å². The highest BCUT2D eigenvalue weighted by molar-refractivity contribution is 8.26. The molecule has 1 aromatic rings. The lowest BCUT2D eigenvalue weighted by molar-refractivity contribution is -0.127. The Labute approximate surface area is 206 Å². The van der Waals surface area contributed by atoms with E-state index >= 15 is 0 Å². The first-order chi connectivity index (χ1) is 15.9. The van der Waals surface area contributed by atoms with Gasteiger partial charge in [0.15, 0.2) is 0 Å². The van der Waals surface area contributed by atoms with Crippen molar-refractivity contribution in [2.24, 2.45) is 17.8 Å². The number of nitrogens with one attached hydrogen (secondary N) is 1. The van der Waals surface area contributed by atoms with Gasteiger partial charge in [0.05, 0.1) is 4.91 Å². The zero-order valence-electron chi connectivity index (χ0n) is 19.5. The summed E-state index contributed by atoms with van der Waals surface area (Å²) >= 11 is 6.84. The largest absolute Gasteiger partial charge is 0.351 e. The molecule has 0 atom stereocenters. The molecule has 1 N–H and O–H groups in total. The Bertz CT molecular complexity index is 934. The number of nitrogens with zero attached hydrogens (tertiary/aromatic N) is 1. The molecule has 1 aromatic carbocycles. The van der Waals surface area contributed by atoms with Crippen molar-refractivity contribution in [3.05, 3.63) is 40.3 Å². The molecule has 2 amide bonds. The van der Waals surface area contributed by atoms with Gasteiger partial charge in [-0.2, -0.15) is 0 Å². The number of carbonyl (C=O) groups is 2. The number of thiocarbonyl (C=S) groups is 1. The molecular formula is C27H34N2O2S2. The Kier molecular flexibility index (Phi) is 6.67. The number of unbranched alkanes of at least 4 members (excludes halogenated alkanes) is 2. The highest BCUT2D eigenvalue weighted by Crippen LogP contribution is 2.55. The lowest BCUT2D eigenvalue weighted by Gasteiger charge is -2.56. The van der Waals surface area contributed by atoms with E-state index in [1.54, 1.807) is 4.90 Å². The monoisotopic (exact) mass is 482 g/mol. The third-order valence-corrected chi connectivity index (χ3v) is 9.35. The molecule has 1 aliphatic heterocycles. The van der Waals surface area contributed by atoms with Gasteiger partial charge >= 0.3 is 0 Å². The van der Waals surface area contributed by atoms with E-state index in [-0.39, 0.29) is 17.4 Å². The minimum absolute atomic E-state index is 0.00475. The van der Waals surface area contributed by atoms with Crippen LogP contribution in [0.15, 0.2) is 29.2 Å². The fourth-order valence-corrected chi connectivity index (χ4v) is 8.17. The molecule has 0 unspecified atom stereocenters. The van der Waals surface area contributed by atoms with Gasteiger partial charge in [-0.25, -0.2) is 0 Å². The molecule has 4 nitrogen and oxygen atoms in total. The van der Waals surface area contributed by atoms with Crippen molar-refractivity contribution in [1.82, 2.24) is 10.2 Å². The van der Waals surface area contributed by atoms with Crippen molar-refractivity contribution in [2.45, 2.75) is 76.7 Å². The van der Waals surface area contributed by atoms with Crippen LogP contribution in [-0.2, 0) is 9.59 Å². The van der Waals surface area contributed by atoms with E-state index in [0.717, 1.165) is 42.6 Å². The minimum Gasteiger partial charge on any atom is -0.351 e. The van der Waals surface area contributed by atoms with Gasteiger partial charge in [-0.1, -0.05) is 60.2 Å². The van der Waals surface area contributed by atoms with Crippen LogP contribution in [0.1, 0.15) is 75.3 Å². The third-order valence-electron chi connectivity index (χ3n) is 7.98. The number of amides is 2. The Morgan fingerprint density at radius 3 is 2.36 bits per heavy atom. The van der Waals surface area contributed by atoms with E-state index in [0.29, 0.717) is 22.2 Å².